The van der Waals surface area contributed by atoms with Crippen LogP contribution in [0.5, 0.6) is 0 Å². The van der Waals surface area contributed by atoms with E-state index in [1.165, 1.54) is 6.92 Å². The Hall–Kier alpha value is -1.10. The first kappa shape index (κ1) is 14.0. The van der Waals surface area contributed by atoms with Crippen molar-refractivity contribution in [3.63, 3.8) is 0 Å². The molecule has 1 saturated heterocycles. The minimum atomic E-state index is -0.365. The number of amides is 2. The number of morpholine rings is 1. The maximum atomic E-state index is 12.1. The number of carbonyl (C=O) groups excluding carboxylic acids is 2. The Morgan fingerprint density at radius 3 is 2.59 bits per heavy atom. The number of nitrogens with zero attached hydrogens (tertiary/aromatic N) is 1. The van der Waals surface area contributed by atoms with Gasteiger partial charge in [0.05, 0.1) is 12.7 Å². The number of hydrogen-bond donors (Lipinski definition) is 1. The molecule has 0 aromatic heterocycles. The first-order valence-electron chi connectivity index (χ1n) is 5.96. The molecule has 1 unspecified atom stereocenters. The molecule has 1 fully saturated rings. The molecule has 0 aromatic carbocycles. The van der Waals surface area contributed by atoms with E-state index in [9.17, 15) is 9.59 Å². The highest BCUT2D eigenvalue weighted by atomic mass is 16.5. The van der Waals surface area contributed by atoms with Crippen LogP contribution in [0.25, 0.3) is 0 Å². The summed E-state index contributed by atoms with van der Waals surface area (Å²) in [6, 6.07) is 0. The Morgan fingerprint density at radius 1 is 1.41 bits per heavy atom. The largest absolute Gasteiger partial charge is 0.373 e. The summed E-state index contributed by atoms with van der Waals surface area (Å²) >= 11 is 0. The van der Waals surface area contributed by atoms with Gasteiger partial charge in [-0.3, -0.25) is 9.59 Å². The predicted octanol–water partition coefficient (Wildman–Crippen LogP) is 0.396. The molecule has 0 saturated carbocycles. The summed E-state index contributed by atoms with van der Waals surface area (Å²) in [5.74, 6) is 0.0569. The van der Waals surface area contributed by atoms with Crippen molar-refractivity contribution < 1.29 is 14.3 Å². The molecule has 0 bridgehead atoms. The predicted molar refractivity (Wildman–Crippen MR) is 64.5 cm³/mol. The molecule has 5 nitrogen and oxygen atoms in total. The van der Waals surface area contributed by atoms with Gasteiger partial charge in [-0.25, -0.2) is 0 Å². The molecule has 98 valence electrons. The minimum Gasteiger partial charge on any atom is -0.373 e. The molecule has 0 radical (unpaired) electrons. The summed E-state index contributed by atoms with van der Waals surface area (Å²) in [7, 11) is 0. The summed E-state index contributed by atoms with van der Waals surface area (Å²) in [4.78, 5) is 24.7. The van der Waals surface area contributed by atoms with E-state index in [1.54, 1.807) is 0 Å². The smallest absolute Gasteiger partial charge is 0.228 e. The Morgan fingerprint density at radius 2 is 2.06 bits per heavy atom. The topological polar surface area (TPSA) is 58.6 Å². The number of carbonyl (C=O) groups is 2. The Bertz CT molecular complexity index is 297. The van der Waals surface area contributed by atoms with Gasteiger partial charge in [0.1, 0.15) is 0 Å². The van der Waals surface area contributed by atoms with Crippen molar-refractivity contribution in [1.82, 2.24) is 10.2 Å². The second-order valence-corrected chi connectivity index (χ2v) is 5.43. The molecule has 0 aliphatic carbocycles. The third kappa shape index (κ3) is 4.34. The maximum Gasteiger partial charge on any atom is 0.228 e. The van der Waals surface area contributed by atoms with Crippen LogP contribution in [-0.2, 0) is 14.3 Å². The lowest BCUT2D eigenvalue weighted by Crippen LogP contribution is -2.52. The first-order valence-corrected chi connectivity index (χ1v) is 5.96. The normalized spacial score (nSPS) is 21.2. The minimum absolute atomic E-state index is 0.0760. The zero-order chi connectivity index (χ0) is 13.1. The third-order valence-corrected chi connectivity index (χ3v) is 2.65. The van der Waals surface area contributed by atoms with E-state index in [2.05, 4.69) is 5.32 Å². The highest BCUT2D eigenvalue weighted by molar-refractivity contribution is 5.81. The monoisotopic (exact) mass is 242 g/mol. The zero-order valence-corrected chi connectivity index (χ0v) is 11.1. The lowest BCUT2D eigenvalue weighted by molar-refractivity contribution is -0.147. The fourth-order valence-electron chi connectivity index (χ4n) is 1.76. The third-order valence-electron chi connectivity index (χ3n) is 2.65. The van der Waals surface area contributed by atoms with Crippen LogP contribution < -0.4 is 5.32 Å². The van der Waals surface area contributed by atoms with Crippen LogP contribution in [-0.4, -0.2) is 49.1 Å². The highest BCUT2D eigenvalue weighted by Gasteiger charge is 2.31. The fraction of sp³-hybridized carbons (Fsp3) is 0.833. The molecule has 1 atom stereocenters. The first-order chi connectivity index (χ1) is 7.80. The van der Waals surface area contributed by atoms with E-state index < -0.39 is 0 Å². The molecule has 1 heterocycles. The van der Waals surface area contributed by atoms with Gasteiger partial charge in [-0.1, -0.05) is 20.8 Å². The van der Waals surface area contributed by atoms with Crippen LogP contribution in [0.2, 0.25) is 0 Å². The Kier molecular flexibility index (Phi) is 4.51. The number of rotatable bonds is 2. The molecule has 0 spiro atoms. The van der Waals surface area contributed by atoms with Crippen LogP contribution >= 0.6 is 0 Å². The SMILES string of the molecule is CC(=O)NCC1CN(C(=O)C(C)(C)C)CCO1. The van der Waals surface area contributed by atoms with Gasteiger partial charge < -0.3 is 15.0 Å². The van der Waals surface area contributed by atoms with Gasteiger partial charge in [-0.05, 0) is 0 Å². The van der Waals surface area contributed by atoms with Gasteiger partial charge in [0.25, 0.3) is 0 Å². The van der Waals surface area contributed by atoms with Crippen molar-refractivity contribution in [3.8, 4) is 0 Å². The molecular formula is C12H22N2O3. The lowest BCUT2D eigenvalue weighted by atomic mass is 9.94. The van der Waals surface area contributed by atoms with Crippen LogP contribution in [0.1, 0.15) is 27.7 Å². The maximum absolute atomic E-state index is 12.1. The van der Waals surface area contributed by atoms with Crippen LogP contribution in [0.15, 0.2) is 0 Å². The van der Waals surface area contributed by atoms with E-state index >= 15 is 0 Å². The van der Waals surface area contributed by atoms with E-state index in [0.717, 1.165) is 0 Å². The summed E-state index contributed by atoms with van der Waals surface area (Å²) in [6.45, 7) is 9.38. The van der Waals surface area contributed by atoms with E-state index in [-0.39, 0.29) is 23.3 Å². The number of ether oxygens (including phenoxy) is 1. The quantitative estimate of drug-likeness (QED) is 0.762. The number of hydrogen-bond acceptors (Lipinski definition) is 3. The average molecular weight is 242 g/mol. The second-order valence-electron chi connectivity index (χ2n) is 5.43. The van der Waals surface area contributed by atoms with Crippen molar-refractivity contribution in [1.29, 1.82) is 0 Å². The number of nitrogens with one attached hydrogen (secondary N) is 1. The van der Waals surface area contributed by atoms with Gasteiger partial charge in [-0.2, -0.15) is 0 Å². The molecule has 5 heteroatoms. The van der Waals surface area contributed by atoms with E-state index in [4.69, 9.17) is 4.74 Å². The van der Waals surface area contributed by atoms with E-state index in [1.807, 2.05) is 25.7 Å². The molecular weight excluding hydrogens is 220 g/mol. The van der Waals surface area contributed by atoms with Gasteiger partial charge in [0, 0.05) is 32.0 Å². The standard InChI is InChI=1S/C12H22N2O3/c1-9(15)13-7-10-8-14(5-6-17-10)11(16)12(2,3)4/h10H,5-8H2,1-4H3,(H,13,15). The van der Waals surface area contributed by atoms with Crippen LogP contribution in [0.4, 0.5) is 0 Å². The van der Waals surface area contributed by atoms with Gasteiger partial charge in [-0.15, -0.1) is 0 Å². The summed E-state index contributed by atoms with van der Waals surface area (Å²) in [5.41, 5.74) is -0.365. The zero-order valence-electron chi connectivity index (χ0n) is 11.1. The van der Waals surface area contributed by atoms with Crippen molar-refractivity contribution in [3.05, 3.63) is 0 Å². The molecule has 2 amide bonds. The molecule has 1 aliphatic heterocycles. The average Bonchev–Trinajstić information content (AvgIpc) is 2.24. The van der Waals surface area contributed by atoms with Crippen LogP contribution in [0.3, 0.4) is 0 Å². The fourth-order valence-corrected chi connectivity index (χ4v) is 1.76. The highest BCUT2D eigenvalue weighted by Crippen LogP contribution is 2.19. The lowest BCUT2D eigenvalue weighted by Gasteiger charge is -2.36. The summed E-state index contributed by atoms with van der Waals surface area (Å²) in [5, 5.41) is 2.71. The van der Waals surface area contributed by atoms with Gasteiger partial charge in [0.15, 0.2) is 0 Å². The second kappa shape index (κ2) is 5.49. The van der Waals surface area contributed by atoms with Crippen molar-refractivity contribution in [2.75, 3.05) is 26.2 Å². The van der Waals surface area contributed by atoms with E-state index in [0.29, 0.717) is 26.2 Å². The van der Waals surface area contributed by atoms with Gasteiger partial charge in [0.2, 0.25) is 11.8 Å². The molecule has 1 rings (SSSR count). The molecule has 17 heavy (non-hydrogen) atoms. The van der Waals surface area contributed by atoms with Crippen LogP contribution in [0, 0.1) is 5.41 Å². The Labute approximate surface area is 102 Å². The molecule has 1 aliphatic rings. The van der Waals surface area contributed by atoms with Crippen molar-refractivity contribution >= 4 is 11.8 Å². The van der Waals surface area contributed by atoms with Crippen molar-refractivity contribution in [2.45, 2.75) is 33.8 Å². The Balaban J connectivity index is 2.49. The van der Waals surface area contributed by atoms with Crippen molar-refractivity contribution in [2.24, 2.45) is 5.41 Å². The molecule has 0 aromatic rings. The van der Waals surface area contributed by atoms with Gasteiger partial charge >= 0.3 is 0 Å². The molecule has 1 N–H and O–H groups in total. The summed E-state index contributed by atoms with van der Waals surface area (Å²) in [6.07, 6.45) is -0.0982. The summed E-state index contributed by atoms with van der Waals surface area (Å²) < 4.78 is 5.51.